The third-order valence-corrected chi connectivity index (χ3v) is 5.64. The third-order valence-electron chi connectivity index (χ3n) is 5.64. The lowest BCUT2D eigenvalue weighted by Gasteiger charge is -2.38. The first kappa shape index (κ1) is 17.1. The number of hydrogen-bond donors (Lipinski definition) is 0. The molecule has 0 N–H and O–H groups in total. The van der Waals surface area contributed by atoms with Crippen molar-refractivity contribution < 1.29 is 9.47 Å². The molecule has 0 aliphatic heterocycles. The minimum Gasteiger partial charge on any atom is -0.493 e. The minimum absolute atomic E-state index is 0.392. The van der Waals surface area contributed by atoms with Gasteiger partial charge in [-0.1, -0.05) is 6.07 Å². The van der Waals surface area contributed by atoms with E-state index in [1.54, 1.807) is 7.11 Å². The predicted molar refractivity (Wildman–Crippen MR) is 94.4 cm³/mol. The lowest BCUT2D eigenvalue weighted by molar-refractivity contribution is 0.194. The molecule has 0 bridgehead atoms. The highest BCUT2D eigenvalue weighted by Gasteiger charge is 2.38. The van der Waals surface area contributed by atoms with Crippen molar-refractivity contribution in [2.45, 2.75) is 50.0 Å². The molecule has 1 aromatic rings. The van der Waals surface area contributed by atoms with Crippen LogP contribution in [-0.2, 0) is 5.41 Å². The fourth-order valence-electron chi connectivity index (χ4n) is 3.66. The molecule has 0 saturated heterocycles. The van der Waals surface area contributed by atoms with E-state index >= 15 is 0 Å². The van der Waals surface area contributed by atoms with E-state index in [0.717, 1.165) is 49.4 Å². The summed E-state index contributed by atoms with van der Waals surface area (Å²) in [6, 6.07) is 9.24. The highest BCUT2D eigenvalue weighted by Crippen LogP contribution is 2.43. The zero-order valence-corrected chi connectivity index (χ0v) is 15.0. The first-order valence-corrected chi connectivity index (χ1v) is 8.97. The molecule has 0 aromatic heterocycles. The Hall–Kier alpha value is -1.73. The smallest absolute Gasteiger partial charge is 0.161 e. The summed E-state index contributed by atoms with van der Waals surface area (Å²) < 4.78 is 11.4. The standard InChI is InChI=1S/C20H28N2O2/c1-22(2)17-8-10-20(14-21,11-9-17)16-6-7-18(23-3)19(12-16)24-13-15-4-5-15/h6-7,12,15,17H,4-5,8-11,13H2,1-3H3. The Labute approximate surface area is 145 Å². The largest absolute Gasteiger partial charge is 0.493 e. The van der Waals surface area contributed by atoms with Gasteiger partial charge in [0, 0.05) is 6.04 Å². The SMILES string of the molecule is COc1ccc(C2(C#N)CCC(N(C)C)CC2)cc1OCC1CC1. The van der Waals surface area contributed by atoms with Crippen LogP contribution in [0.2, 0.25) is 0 Å². The molecule has 2 fully saturated rings. The lowest BCUT2D eigenvalue weighted by atomic mass is 9.69. The molecule has 0 spiro atoms. The van der Waals surface area contributed by atoms with Crippen molar-refractivity contribution in [1.29, 1.82) is 5.26 Å². The highest BCUT2D eigenvalue weighted by atomic mass is 16.5. The van der Waals surface area contributed by atoms with E-state index in [0.29, 0.717) is 12.0 Å². The summed E-state index contributed by atoms with van der Waals surface area (Å²) in [5.41, 5.74) is 0.685. The maximum atomic E-state index is 9.93. The average Bonchev–Trinajstić information content (AvgIpc) is 3.44. The molecular weight excluding hydrogens is 300 g/mol. The number of benzene rings is 1. The van der Waals surface area contributed by atoms with Crippen molar-refractivity contribution in [3.05, 3.63) is 23.8 Å². The van der Waals surface area contributed by atoms with Crippen LogP contribution in [0.3, 0.4) is 0 Å². The maximum Gasteiger partial charge on any atom is 0.161 e. The van der Waals surface area contributed by atoms with E-state index in [1.165, 1.54) is 12.8 Å². The summed E-state index contributed by atoms with van der Waals surface area (Å²) in [7, 11) is 5.92. The van der Waals surface area contributed by atoms with Gasteiger partial charge in [0.05, 0.1) is 25.2 Å². The number of ether oxygens (including phenoxy) is 2. The second-order valence-corrected chi connectivity index (χ2v) is 7.51. The number of nitriles is 1. The monoisotopic (exact) mass is 328 g/mol. The molecule has 0 radical (unpaired) electrons. The topological polar surface area (TPSA) is 45.5 Å². The average molecular weight is 328 g/mol. The summed E-state index contributed by atoms with van der Waals surface area (Å²) in [4.78, 5) is 2.28. The fraction of sp³-hybridized carbons (Fsp3) is 0.650. The number of hydrogen-bond acceptors (Lipinski definition) is 4. The minimum atomic E-state index is -0.392. The van der Waals surface area contributed by atoms with Crippen LogP contribution in [0, 0.1) is 17.2 Å². The van der Waals surface area contributed by atoms with Gasteiger partial charge < -0.3 is 14.4 Å². The van der Waals surface area contributed by atoms with Crippen LogP contribution < -0.4 is 9.47 Å². The van der Waals surface area contributed by atoms with Crippen molar-refractivity contribution in [3.8, 4) is 17.6 Å². The molecule has 1 aromatic carbocycles. The number of rotatable bonds is 6. The predicted octanol–water partition coefficient (Wildman–Crippen LogP) is 3.75. The van der Waals surface area contributed by atoms with Gasteiger partial charge in [0.2, 0.25) is 0 Å². The molecule has 24 heavy (non-hydrogen) atoms. The van der Waals surface area contributed by atoms with Crippen LogP contribution in [0.15, 0.2) is 18.2 Å². The number of nitrogens with zero attached hydrogens (tertiary/aromatic N) is 2. The summed E-state index contributed by atoms with van der Waals surface area (Å²) in [5, 5.41) is 9.93. The van der Waals surface area contributed by atoms with E-state index in [1.807, 2.05) is 18.2 Å². The molecule has 2 aliphatic carbocycles. The molecule has 2 saturated carbocycles. The Balaban J connectivity index is 1.81. The van der Waals surface area contributed by atoms with Crippen LogP contribution in [-0.4, -0.2) is 38.8 Å². The first-order chi connectivity index (χ1) is 11.6. The molecule has 0 unspecified atom stereocenters. The van der Waals surface area contributed by atoms with Crippen molar-refractivity contribution in [2.24, 2.45) is 5.92 Å². The third kappa shape index (κ3) is 3.52. The molecule has 4 nitrogen and oxygen atoms in total. The zero-order chi connectivity index (χ0) is 17.2. The van der Waals surface area contributed by atoms with E-state index in [2.05, 4.69) is 25.1 Å². The Morgan fingerprint density at radius 3 is 2.42 bits per heavy atom. The Bertz CT molecular complexity index is 609. The van der Waals surface area contributed by atoms with Crippen molar-refractivity contribution in [2.75, 3.05) is 27.8 Å². The lowest BCUT2D eigenvalue weighted by Crippen LogP contribution is -2.38. The molecular formula is C20H28N2O2. The summed E-state index contributed by atoms with van der Waals surface area (Å²) >= 11 is 0. The molecule has 4 heteroatoms. The Morgan fingerprint density at radius 2 is 1.88 bits per heavy atom. The van der Waals surface area contributed by atoms with E-state index in [4.69, 9.17) is 9.47 Å². The molecule has 0 amide bonds. The second kappa shape index (κ2) is 7.03. The van der Waals surface area contributed by atoms with E-state index in [-0.39, 0.29) is 0 Å². The van der Waals surface area contributed by atoms with Gasteiger partial charge in [0.25, 0.3) is 0 Å². The van der Waals surface area contributed by atoms with Gasteiger partial charge in [-0.2, -0.15) is 5.26 Å². The summed E-state index contributed by atoms with van der Waals surface area (Å²) in [5.74, 6) is 2.24. The van der Waals surface area contributed by atoms with Gasteiger partial charge in [-0.25, -0.2) is 0 Å². The Kier molecular flexibility index (Phi) is 5.01. The number of methoxy groups -OCH3 is 1. The van der Waals surface area contributed by atoms with E-state index < -0.39 is 5.41 Å². The van der Waals surface area contributed by atoms with E-state index in [9.17, 15) is 5.26 Å². The second-order valence-electron chi connectivity index (χ2n) is 7.51. The molecule has 3 rings (SSSR count). The van der Waals surface area contributed by atoms with Crippen LogP contribution in [0.4, 0.5) is 0 Å². The summed E-state index contributed by atoms with van der Waals surface area (Å²) in [6.45, 7) is 0.752. The van der Waals surface area contributed by atoms with Gasteiger partial charge in [-0.15, -0.1) is 0 Å². The highest BCUT2D eigenvalue weighted by molar-refractivity contribution is 5.47. The Morgan fingerprint density at radius 1 is 1.17 bits per heavy atom. The van der Waals surface area contributed by atoms with Crippen LogP contribution >= 0.6 is 0 Å². The molecule has 2 aliphatic rings. The summed E-state index contributed by atoms with van der Waals surface area (Å²) in [6.07, 6.45) is 6.45. The molecule has 130 valence electrons. The van der Waals surface area contributed by atoms with Gasteiger partial charge >= 0.3 is 0 Å². The van der Waals surface area contributed by atoms with Crippen LogP contribution in [0.1, 0.15) is 44.1 Å². The fourth-order valence-corrected chi connectivity index (χ4v) is 3.66. The van der Waals surface area contributed by atoms with Crippen molar-refractivity contribution >= 4 is 0 Å². The quantitative estimate of drug-likeness (QED) is 0.798. The van der Waals surface area contributed by atoms with Crippen LogP contribution in [0.25, 0.3) is 0 Å². The zero-order valence-electron chi connectivity index (χ0n) is 15.0. The van der Waals surface area contributed by atoms with Gasteiger partial charge in [-0.05, 0) is 76.2 Å². The first-order valence-electron chi connectivity index (χ1n) is 8.97. The van der Waals surface area contributed by atoms with Gasteiger partial charge in [-0.3, -0.25) is 0 Å². The van der Waals surface area contributed by atoms with Gasteiger partial charge in [0.15, 0.2) is 11.5 Å². The molecule has 0 heterocycles. The van der Waals surface area contributed by atoms with Crippen LogP contribution in [0.5, 0.6) is 11.5 Å². The normalized spacial score (nSPS) is 26.9. The van der Waals surface area contributed by atoms with Gasteiger partial charge in [0.1, 0.15) is 0 Å². The van der Waals surface area contributed by atoms with Crippen molar-refractivity contribution in [3.63, 3.8) is 0 Å². The van der Waals surface area contributed by atoms with Crippen molar-refractivity contribution in [1.82, 2.24) is 4.90 Å². The maximum absolute atomic E-state index is 9.93. The molecule has 0 atom stereocenters.